The van der Waals surface area contributed by atoms with Crippen LogP contribution in [-0.4, -0.2) is 28.1 Å². The molecule has 0 saturated heterocycles. The van der Waals surface area contributed by atoms with Crippen LogP contribution >= 0.6 is 0 Å². The quantitative estimate of drug-likeness (QED) is 0.183. The topological polar surface area (TPSA) is 71.4 Å². The second kappa shape index (κ2) is 20.5. The molecule has 0 bridgehead atoms. The van der Waals surface area contributed by atoms with Crippen molar-refractivity contribution in [1.29, 1.82) is 0 Å². The Morgan fingerprint density at radius 1 is 0.655 bits per heavy atom. The van der Waals surface area contributed by atoms with Crippen LogP contribution in [0.5, 0.6) is 0 Å². The number of Topliss-reactive ketones (excluding diaryl/α,β-unsaturated/α-hetero) is 3. The Balaban J connectivity index is 0.000000163. The Bertz CT molecular complexity index is 2020. The molecule has 3 aliphatic rings. The first-order valence-electron chi connectivity index (χ1n) is 19.6. The fourth-order valence-corrected chi connectivity index (χ4v) is 6.82. The Kier molecular flexibility index (Phi) is 15.8. The second-order valence-corrected chi connectivity index (χ2v) is 15.2. The summed E-state index contributed by atoms with van der Waals surface area (Å²) in [5, 5.41) is 10.1. The van der Waals surface area contributed by atoms with Gasteiger partial charge in [-0.15, -0.1) is 6.58 Å². The normalized spacial score (nSPS) is 17.2. The predicted molar refractivity (Wildman–Crippen MR) is 230 cm³/mol. The third-order valence-corrected chi connectivity index (χ3v) is 10.2. The molecule has 4 aromatic rings. The highest BCUT2D eigenvalue weighted by Crippen LogP contribution is 2.37. The minimum Gasteiger partial charge on any atom is -0.385 e. The lowest BCUT2D eigenvalue weighted by Gasteiger charge is -2.21. The van der Waals surface area contributed by atoms with Gasteiger partial charge in [-0.05, 0) is 101 Å². The summed E-state index contributed by atoms with van der Waals surface area (Å²) >= 11 is 0. The number of hydrogen-bond acceptors (Lipinski definition) is 4. The van der Waals surface area contributed by atoms with Crippen LogP contribution in [0, 0.1) is 27.7 Å². The molecule has 0 saturated carbocycles. The average molecular weight is 735 g/mol. The molecule has 0 aliphatic heterocycles. The molecule has 286 valence electrons. The number of hydrogen-bond donors (Lipinski definition) is 1. The maximum absolute atomic E-state index is 11.6. The van der Waals surface area contributed by atoms with Crippen molar-refractivity contribution in [3.05, 3.63) is 172 Å². The van der Waals surface area contributed by atoms with E-state index in [1.165, 1.54) is 27.8 Å². The van der Waals surface area contributed by atoms with Gasteiger partial charge in [0, 0.05) is 36.8 Å². The largest absolute Gasteiger partial charge is 0.385 e. The van der Waals surface area contributed by atoms with Gasteiger partial charge in [-0.25, -0.2) is 0 Å². The van der Waals surface area contributed by atoms with Crippen molar-refractivity contribution in [3.63, 3.8) is 0 Å². The van der Waals surface area contributed by atoms with E-state index in [4.69, 9.17) is 0 Å². The van der Waals surface area contributed by atoms with Crippen molar-refractivity contribution >= 4 is 34.1 Å². The van der Waals surface area contributed by atoms with Crippen LogP contribution in [0.1, 0.15) is 110 Å². The molecular formula is C51H58O4. The lowest BCUT2D eigenvalue weighted by molar-refractivity contribution is -0.118. The van der Waals surface area contributed by atoms with Gasteiger partial charge < -0.3 is 5.11 Å². The number of ketones is 3. The number of benzene rings is 4. The molecule has 1 unspecified atom stereocenters. The first-order valence-corrected chi connectivity index (χ1v) is 19.6. The maximum atomic E-state index is 11.6. The lowest BCUT2D eigenvalue weighted by Crippen LogP contribution is -2.21. The highest BCUT2D eigenvalue weighted by molar-refractivity contribution is 6.23. The Labute approximate surface area is 329 Å². The summed E-state index contributed by atoms with van der Waals surface area (Å²) in [4.78, 5) is 34.4. The smallest absolute Gasteiger partial charge is 0.163 e. The Morgan fingerprint density at radius 3 is 1.60 bits per heavy atom. The Hall–Kier alpha value is -5.19. The van der Waals surface area contributed by atoms with Crippen LogP contribution in [0.25, 0.3) is 16.7 Å². The number of carbonyl (C=O) groups excluding carboxylic acids is 3. The first kappa shape index (κ1) is 42.6. The van der Waals surface area contributed by atoms with E-state index in [1.807, 2.05) is 80.6 Å². The summed E-state index contributed by atoms with van der Waals surface area (Å²) in [6.45, 7) is 15.8. The minimum absolute atomic E-state index is 0.281. The molecule has 7 rings (SSSR count). The average Bonchev–Trinajstić information content (AvgIpc) is 3.86. The number of allylic oxidation sites excluding steroid dienone is 6. The highest BCUT2D eigenvalue weighted by atomic mass is 16.3. The summed E-state index contributed by atoms with van der Waals surface area (Å²) in [6.07, 6.45) is 12.9. The van der Waals surface area contributed by atoms with E-state index in [-0.39, 0.29) is 11.6 Å². The van der Waals surface area contributed by atoms with Gasteiger partial charge in [0.2, 0.25) is 0 Å². The number of carbonyl (C=O) groups is 3. The number of aryl methyl sites for hydroxylation is 4. The number of aliphatic hydroxyl groups is 1. The molecule has 55 heavy (non-hydrogen) atoms. The van der Waals surface area contributed by atoms with Crippen LogP contribution in [-0.2, 0) is 20.8 Å². The molecule has 1 atom stereocenters. The van der Waals surface area contributed by atoms with Crippen LogP contribution in [0.15, 0.2) is 127 Å². The molecule has 0 aromatic heterocycles. The Morgan fingerprint density at radius 2 is 1.16 bits per heavy atom. The SMILES string of the molecule is C=CCCC(=O)Cc1ccc(C)cc1.CC1=C(c2ccc(C)cc2)C(=O)CC1.Cc1ccc(C2=CCCC2(C)O)cc1.Cc1ccc(C2=CCCC2=O)cc1. The molecule has 0 heterocycles. The van der Waals surface area contributed by atoms with E-state index in [1.54, 1.807) is 6.08 Å². The summed E-state index contributed by atoms with van der Waals surface area (Å²) in [5.74, 6) is 0.865. The van der Waals surface area contributed by atoms with Gasteiger partial charge in [0.1, 0.15) is 5.78 Å². The zero-order chi connectivity index (χ0) is 40.0. The van der Waals surface area contributed by atoms with E-state index in [0.717, 1.165) is 71.1 Å². The molecule has 0 amide bonds. The lowest BCUT2D eigenvalue weighted by atomic mass is 9.92. The van der Waals surface area contributed by atoms with Crippen molar-refractivity contribution in [2.45, 2.75) is 105 Å². The van der Waals surface area contributed by atoms with Gasteiger partial charge in [0.25, 0.3) is 0 Å². The first-order chi connectivity index (χ1) is 26.3. The molecule has 4 nitrogen and oxygen atoms in total. The highest BCUT2D eigenvalue weighted by Gasteiger charge is 2.30. The van der Waals surface area contributed by atoms with Crippen LogP contribution in [0.4, 0.5) is 0 Å². The van der Waals surface area contributed by atoms with Crippen LogP contribution in [0.2, 0.25) is 0 Å². The van der Waals surface area contributed by atoms with Gasteiger partial charge in [0.05, 0.1) is 5.60 Å². The molecule has 1 N–H and O–H groups in total. The summed E-state index contributed by atoms with van der Waals surface area (Å²) < 4.78 is 0. The maximum Gasteiger partial charge on any atom is 0.163 e. The molecular weight excluding hydrogens is 677 g/mol. The van der Waals surface area contributed by atoms with Gasteiger partial charge in [-0.3, -0.25) is 14.4 Å². The fourth-order valence-electron chi connectivity index (χ4n) is 6.82. The molecule has 0 spiro atoms. The molecule has 4 heteroatoms. The third kappa shape index (κ3) is 13.0. The molecule has 0 radical (unpaired) electrons. The summed E-state index contributed by atoms with van der Waals surface area (Å²) in [6, 6.07) is 32.8. The van der Waals surface area contributed by atoms with E-state index in [2.05, 4.69) is 76.7 Å². The number of rotatable bonds is 8. The zero-order valence-electron chi connectivity index (χ0n) is 33.7. The summed E-state index contributed by atoms with van der Waals surface area (Å²) in [7, 11) is 0. The van der Waals surface area contributed by atoms with Crippen molar-refractivity contribution in [3.8, 4) is 0 Å². The van der Waals surface area contributed by atoms with Crippen molar-refractivity contribution in [2.24, 2.45) is 0 Å². The second-order valence-electron chi connectivity index (χ2n) is 15.2. The van der Waals surface area contributed by atoms with E-state index >= 15 is 0 Å². The van der Waals surface area contributed by atoms with Gasteiger partial charge >= 0.3 is 0 Å². The van der Waals surface area contributed by atoms with E-state index in [0.29, 0.717) is 31.5 Å². The van der Waals surface area contributed by atoms with Crippen molar-refractivity contribution in [1.82, 2.24) is 0 Å². The monoisotopic (exact) mass is 734 g/mol. The third-order valence-electron chi connectivity index (χ3n) is 10.2. The zero-order valence-corrected chi connectivity index (χ0v) is 33.7. The van der Waals surface area contributed by atoms with Crippen molar-refractivity contribution < 1.29 is 19.5 Å². The van der Waals surface area contributed by atoms with Gasteiger partial charge in [-0.1, -0.05) is 143 Å². The van der Waals surface area contributed by atoms with Crippen LogP contribution < -0.4 is 0 Å². The summed E-state index contributed by atoms with van der Waals surface area (Å²) in [5.41, 5.74) is 12.9. The van der Waals surface area contributed by atoms with Gasteiger partial charge in [0.15, 0.2) is 11.6 Å². The van der Waals surface area contributed by atoms with E-state index < -0.39 is 5.60 Å². The molecule has 0 fully saturated rings. The van der Waals surface area contributed by atoms with Crippen LogP contribution in [0.3, 0.4) is 0 Å². The minimum atomic E-state index is -0.630. The predicted octanol–water partition coefficient (Wildman–Crippen LogP) is 11.9. The van der Waals surface area contributed by atoms with Crippen molar-refractivity contribution in [2.75, 3.05) is 0 Å². The standard InChI is InChI=1S/C13H14O.2C13H16O.C12H12O/c1-9-3-6-11(7-4-9)13-10(2)5-8-12(13)14;1-10-5-7-11(8-6-10)12-4-3-9-13(12,2)14;1-3-4-5-13(14)10-12-8-6-11(2)7-9-12;1-9-5-7-10(8-6-9)11-3-2-4-12(11)13/h3-4,6-7H,5,8H2,1-2H3;4-8,14H,3,9H2,1-2H3;3,6-9H,1,4-5,10H2,2H3;3,5-8H,2,4H2,1H3. The molecule has 3 aliphatic carbocycles. The van der Waals surface area contributed by atoms with Gasteiger partial charge in [-0.2, -0.15) is 0 Å². The fraction of sp³-hybridized carbons (Fsp3) is 0.314. The van der Waals surface area contributed by atoms with E-state index in [9.17, 15) is 19.5 Å². The molecule has 4 aromatic carbocycles.